The van der Waals surface area contributed by atoms with Crippen molar-refractivity contribution in [3.8, 4) is 0 Å². The lowest BCUT2D eigenvalue weighted by atomic mass is 10.00. The van der Waals surface area contributed by atoms with E-state index in [4.69, 9.17) is 11.6 Å². The summed E-state index contributed by atoms with van der Waals surface area (Å²) in [5.74, 6) is -0.0576. The molecule has 0 aliphatic rings. The second-order valence-corrected chi connectivity index (χ2v) is 6.43. The van der Waals surface area contributed by atoms with Gasteiger partial charge < -0.3 is 5.32 Å². The van der Waals surface area contributed by atoms with Crippen LogP contribution in [0.1, 0.15) is 48.9 Å². The van der Waals surface area contributed by atoms with E-state index in [1.807, 2.05) is 6.07 Å². The molecule has 0 saturated heterocycles. The number of halogens is 2. The van der Waals surface area contributed by atoms with Crippen molar-refractivity contribution in [1.82, 2.24) is 14.9 Å². The van der Waals surface area contributed by atoms with E-state index in [9.17, 15) is 4.39 Å². The third-order valence-corrected chi connectivity index (χ3v) is 4.44. The SMILES string of the molecule is CCNC(Cc1ccc(Cl)c(F)c1)c1snnc1C(C)C. The molecule has 6 heteroatoms. The highest BCUT2D eigenvalue weighted by Crippen LogP contribution is 2.29. The lowest BCUT2D eigenvalue weighted by Gasteiger charge is -2.18. The molecule has 2 rings (SSSR count). The first-order valence-electron chi connectivity index (χ1n) is 7.02. The fraction of sp³-hybridized carbons (Fsp3) is 0.467. The van der Waals surface area contributed by atoms with Crippen molar-refractivity contribution in [3.05, 3.63) is 45.2 Å². The van der Waals surface area contributed by atoms with E-state index >= 15 is 0 Å². The Balaban J connectivity index is 2.26. The van der Waals surface area contributed by atoms with Crippen LogP contribution < -0.4 is 5.32 Å². The Labute approximate surface area is 133 Å². The van der Waals surface area contributed by atoms with Gasteiger partial charge >= 0.3 is 0 Å². The zero-order valence-corrected chi connectivity index (χ0v) is 13.9. The van der Waals surface area contributed by atoms with Gasteiger partial charge in [0.05, 0.1) is 15.6 Å². The Morgan fingerprint density at radius 1 is 1.38 bits per heavy atom. The van der Waals surface area contributed by atoms with Gasteiger partial charge in [-0.25, -0.2) is 4.39 Å². The van der Waals surface area contributed by atoms with Gasteiger partial charge in [-0.15, -0.1) is 5.10 Å². The average Bonchev–Trinajstić information content (AvgIpc) is 2.92. The number of nitrogens with one attached hydrogen (secondary N) is 1. The summed E-state index contributed by atoms with van der Waals surface area (Å²) in [7, 11) is 0. The van der Waals surface area contributed by atoms with Crippen LogP contribution in [0.4, 0.5) is 4.39 Å². The number of hydrogen-bond donors (Lipinski definition) is 1. The van der Waals surface area contributed by atoms with Gasteiger partial charge in [-0.1, -0.05) is 42.9 Å². The lowest BCUT2D eigenvalue weighted by molar-refractivity contribution is 0.546. The minimum Gasteiger partial charge on any atom is -0.309 e. The molecule has 1 atom stereocenters. The highest BCUT2D eigenvalue weighted by Gasteiger charge is 2.21. The predicted octanol–water partition coefficient (Wildman–Crippen LogP) is 4.35. The molecule has 1 unspecified atom stereocenters. The highest BCUT2D eigenvalue weighted by atomic mass is 35.5. The third-order valence-electron chi connectivity index (χ3n) is 3.28. The van der Waals surface area contributed by atoms with E-state index in [1.54, 1.807) is 6.07 Å². The number of rotatable bonds is 6. The molecule has 1 aromatic carbocycles. The Bertz CT molecular complexity index is 600. The van der Waals surface area contributed by atoms with E-state index in [-0.39, 0.29) is 16.9 Å². The molecule has 0 bridgehead atoms. The van der Waals surface area contributed by atoms with E-state index in [0.717, 1.165) is 22.7 Å². The highest BCUT2D eigenvalue weighted by molar-refractivity contribution is 7.05. The molecule has 3 nitrogen and oxygen atoms in total. The van der Waals surface area contributed by atoms with Crippen LogP contribution in [0.2, 0.25) is 5.02 Å². The average molecular weight is 328 g/mol. The number of likely N-dealkylation sites (N-methyl/N-ethyl adjacent to an activating group) is 1. The zero-order valence-electron chi connectivity index (χ0n) is 12.4. The molecule has 0 saturated carbocycles. The number of benzene rings is 1. The van der Waals surface area contributed by atoms with Crippen molar-refractivity contribution in [1.29, 1.82) is 0 Å². The first kappa shape index (κ1) is 16.3. The van der Waals surface area contributed by atoms with Crippen molar-refractivity contribution < 1.29 is 4.39 Å². The molecule has 0 spiro atoms. The maximum absolute atomic E-state index is 13.6. The Hall–Kier alpha value is -1.04. The van der Waals surface area contributed by atoms with Crippen LogP contribution in [-0.4, -0.2) is 16.1 Å². The summed E-state index contributed by atoms with van der Waals surface area (Å²) in [4.78, 5) is 1.13. The predicted molar refractivity (Wildman–Crippen MR) is 85.5 cm³/mol. The van der Waals surface area contributed by atoms with Gasteiger partial charge in [0.15, 0.2) is 0 Å². The van der Waals surface area contributed by atoms with Gasteiger partial charge in [-0.05, 0) is 48.1 Å². The molecule has 1 N–H and O–H groups in total. The molecular weight excluding hydrogens is 309 g/mol. The maximum Gasteiger partial charge on any atom is 0.142 e. The largest absolute Gasteiger partial charge is 0.309 e. The topological polar surface area (TPSA) is 37.8 Å². The van der Waals surface area contributed by atoms with E-state index in [2.05, 4.69) is 35.7 Å². The summed E-state index contributed by atoms with van der Waals surface area (Å²) in [6, 6.07) is 5.05. The quantitative estimate of drug-likeness (QED) is 0.857. The van der Waals surface area contributed by atoms with Crippen LogP contribution in [0.25, 0.3) is 0 Å². The monoisotopic (exact) mass is 327 g/mol. The minimum atomic E-state index is -0.379. The molecule has 21 heavy (non-hydrogen) atoms. The Kier molecular flexibility index (Phi) is 5.67. The van der Waals surface area contributed by atoms with Crippen LogP contribution in [-0.2, 0) is 6.42 Å². The molecule has 2 aromatic rings. The van der Waals surface area contributed by atoms with E-state index in [0.29, 0.717) is 12.3 Å². The second kappa shape index (κ2) is 7.29. The fourth-order valence-electron chi connectivity index (χ4n) is 2.25. The van der Waals surface area contributed by atoms with E-state index < -0.39 is 0 Å². The standard InChI is InChI=1S/C15H19ClFN3S/c1-4-18-13(15-14(9(2)3)19-20-21-15)8-10-5-6-11(16)12(17)7-10/h5-7,9,13,18H,4,8H2,1-3H3. The third kappa shape index (κ3) is 3.99. The summed E-state index contributed by atoms with van der Waals surface area (Å²) >= 11 is 7.15. The first-order chi connectivity index (χ1) is 10.0. The Morgan fingerprint density at radius 3 is 2.76 bits per heavy atom. The fourth-order valence-corrected chi connectivity index (χ4v) is 3.25. The molecule has 0 radical (unpaired) electrons. The van der Waals surface area contributed by atoms with Crippen LogP contribution in [0.3, 0.4) is 0 Å². The van der Waals surface area contributed by atoms with Crippen molar-refractivity contribution in [2.45, 2.75) is 39.2 Å². The number of aromatic nitrogens is 2. The van der Waals surface area contributed by atoms with Gasteiger partial charge in [0.2, 0.25) is 0 Å². The lowest BCUT2D eigenvalue weighted by Crippen LogP contribution is -2.23. The molecule has 0 aliphatic carbocycles. The zero-order chi connectivity index (χ0) is 15.4. The van der Waals surface area contributed by atoms with Crippen molar-refractivity contribution in [3.63, 3.8) is 0 Å². The molecular formula is C15H19ClFN3S. The molecule has 0 aliphatic heterocycles. The Morgan fingerprint density at radius 2 is 2.14 bits per heavy atom. The van der Waals surface area contributed by atoms with Crippen molar-refractivity contribution in [2.75, 3.05) is 6.54 Å². The second-order valence-electron chi connectivity index (χ2n) is 5.24. The van der Waals surface area contributed by atoms with Crippen molar-refractivity contribution in [2.24, 2.45) is 0 Å². The summed E-state index contributed by atoms with van der Waals surface area (Å²) in [6.07, 6.45) is 0.686. The minimum absolute atomic E-state index is 0.0907. The van der Waals surface area contributed by atoms with Crippen LogP contribution in [0.15, 0.2) is 18.2 Å². The summed E-state index contributed by atoms with van der Waals surface area (Å²) in [5, 5.41) is 7.82. The maximum atomic E-state index is 13.6. The van der Waals surface area contributed by atoms with Crippen LogP contribution in [0, 0.1) is 5.82 Å². The molecule has 1 aromatic heterocycles. The molecule has 1 heterocycles. The molecule has 0 amide bonds. The van der Waals surface area contributed by atoms with Gasteiger partial charge in [0, 0.05) is 6.04 Å². The molecule has 0 fully saturated rings. The number of hydrogen-bond acceptors (Lipinski definition) is 4. The number of nitrogens with zero attached hydrogens (tertiary/aromatic N) is 2. The smallest absolute Gasteiger partial charge is 0.142 e. The van der Waals surface area contributed by atoms with Gasteiger partial charge in [-0.2, -0.15) is 0 Å². The van der Waals surface area contributed by atoms with Gasteiger partial charge in [-0.3, -0.25) is 0 Å². The molecule has 114 valence electrons. The van der Waals surface area contributed by atoms with Crippen LogP contribution in [0.5, 0.6) is 0 Å². The van der Waals surface area contributed by atoms with Gasteiger partial charge in [0.25, 0.3) is 0 Å². The van der Waals surface area contributed by atoms with E-state index in [1.165, 1.54) is 17.6 Å². The van der Waals surface area contributed by atoms with Crippen LogP contribution >= 0.6 is 23.1 Å². The summed E-state index contributed by atoms with van der Waals surface area (Å²) < 4.78 is 17.7. The summed E-state index contributed by atoms with van der Waals surface area (Å²) in [6.45, 7) is 7.09. The normalized spacial score (nSPS) is 12.9. The van der Waals surface area contributed by atoms with Crippen molar-refractivity contribution >= 4 is 23.1 Å². The first-order valence-corrected chi connectivity index (χ1v) is 8.17. The van der Waals surface area contributed by atoms with Gasteiger partial charge in [0.1, 0.15) is 5.82 Å². The summed E-state index contributed by atoms with van der Waals surface area (Å²) in [5.41, 5.74) is 1.92.